The van der Waals surface area contributed by atoms with E-state index in [2.05, 4.69) is 59.0 Å². The van der Waals surface area contributed by atoms with E-state index in [-0.39, 0.29) is 23.8 Å². The number of rotatable bonds is 14. The largest absolute Gasteiger partial charge is 0.369 e. The van der Waals surface area contributed by atoms with Gasteiger partial charge in [0.15, 0.2) is 0 Å². The van der Waals surface area contributed by atoms with Gasteiger partial charge in [-0.1, -0.05) is 24.3 Å². The maximum Gasteiger partial charge on any atom is 0.211 e. The van der Waals surface area contributed by atoms with E-state index in [1.807, 2.05) is 70.2 Å². The van der Waals surface area contributed by atoms with E-state index >= 15 is 0 Å². The lowest BCUT2D eigenvalue weighted by Gasteiger charge is -2.11. The molecule has 0 aliphatic rings. The Morgan fingerprint density at radius 2 is 0.700 bits per heavy atom. The molecule has 0 radical (unpaired) electrons. The molecule has 50 heavy (non-hydrogen) atoms. The Labute approximate surface area is 299 Å². The third-order valence-electron chi connectivity index (χ3n) is 6.55. The summed E-state index contributed by atoms with van der Waals surface area (Å²) in [6.07, 6.45) is 0. The Morgan fingerprint density at radius 3 is 0.960 bits per heavy atom. The summed E-state index contributed by atoms with van der Waals surface area (Å²) in [5.74, 6) is 0.873. The van der Waals surface area contributed by atoms with Crippen molar-refractivity contribution in [2.45, 2.75) is 49.0 Å². The Kier molecular flexibility index (Phi) is 14.4. The second-order valence-electron chi connectivity index (χ2n) is 10.7. The fourth-order valence-corrected chi connectivity index (χ4v) is 5.97. The van der Waals surface area contributed by atoms with Crippen molar-refractivity contribution in [3.8, 4) is 0 Å². The Hall–Kier alpha value is -5.88. The molecule has 0 fully saturated rings. The molecule has 0 saturated heterocycles. The lowest BCUT2D eigenvalue weighted by Crippen LogP contribution is -2.22. The second kappa shape index (κ2) is 18.6. The SMILES string of the molecule is C/C(=N/N=C(N)N)c1cc(SCc2cccc(CSc3cc(/C(C)=N\N=C(N)N)cc(/C(C)=N/N=C(N)N)c3)c2)cc(/C(C)=N\N=C(N)N)c1. The molecule has 0 atom stereocenters. The van der Waals surface area contributed by atoms with Crippen LogP contribution in [0.3, 0.4) is 0 Å². The quantitative estimate of drug-likeness (QED) is 0.0521. The minimum absolute atomic E-state index is 0.134. The van der Waals surface area contributed by atoms with Gasteiger partial charge in [0.25, 0.3) is 0 Å². The van der Waals surface area contributed by atoms with Gasteiger partial charge in [0, 0.05) is 21.3 Å². The molecule has 3 aromatic carbocycles. The first-order valence-electron chi connectivity index (χ1n) is 14.9. The number of thioether (sulfide) groups is 2. The summed E-state index contributed by atoms with van der Waals surface area (Å²) in [6.45, 7) is 7.27. The van der Waals surface area contributed by atoms with Gasteiger partial charge in [0.05, 0.1) is 22.8 Å². The van der Waals surface area contributed by atoms with E-state index in [0.29, 0.717) is 34.4 Å². The molecule has 0 heterocycles. The van der Waals surface area contributed by atoms with Crippen molar-refractivity contribution in [1.29, 1.82) is 0 Å². The molecular formula is C32H42N16S2. The van der Waals surface area contributed by atoms with Crippen LogP contribution in [0.1, 0.15) is 61.1 Å². The summed E-state index contributed by atoms with van der Waals surface area (Å²) in [5, 5.41) is 31.7. The van der Waals surface area contributed by atoms with Gasteiger partial charge in [-0.15, -0.1) is 43.9 Å². The first-order valence-corrected chi connectivity index (χ1v) is 16.8. The number of benzene rings is 3. The van der Waals surface area contributed by atoms with E-state index in [9.17, 15) is 0 Å². The van der Waals surface area contributed by atoms with Crippen LogP contribution in [0.15, 0.2) is 111 Å². The van der Waals surface area contributed by atoms with Crippen molar-refractivity contribution >= 4 is 70.2 Å². The zero-order chi connectivity index (χ0) is 36.8. The number of nitrogens with zero attached hydrogens (tertiary/aromatic N) is 8. The lowest BCUT2D eigenvalue weighted by molar-refractivity contribution is 1.19. The zero-order valence-corrected chi connectivity index (χ0v) is 29.8. The minimum atomic E-state index is -0.134. The minimum Gasteiger partial charge on any atom is -0.369 e. The van der Waals surface area contributed by atoms with Gasteiger partial charge in [-0.05, 0) is 97.5 Å². The van der Waals surface area contributed by atoms with Gasteiger partial charge in [-0.2, -0.15) is 20.4 Å². The summed E-state index contributed by atoms with van der Waals surface area (Å²) in [7, 11) is 0. The van der Waals surface area contributed by atoms with Crippen LogP contribution >= 0.6 is 23.5 Å². The summed E-state index contributed by atoms with van der Waals surface area (Å²) in [5.41, 5.74) is 51.9. The normalized spacial score (nSPS) is 12.2. The van der Waals surface area contributed by atoms with Gasteiger partial charge in [-0.3, -0.25) is 0 Å². The van der Waals surface area contributed by atoms with Crippen LogP contribution in [-0.4, -0.2) is 46.7 Å². The smallest absolute Gasteiger partial charge is 0.211 e. The van der Waals surface area contributed by atoms with Gasteiger partial charge in [0.1, 0.15) is 0 Å². The van der Waals surface area contributed by atoms with Crippen LogP contribution in [0.5, 0.6) is 0 Å². The van der Waals surface area contributed by atoms with Crippen LogP contribution in [0.25, 0.3) is 0 Å². The van der Waals surface area contributed by atoms with E-state index < -0.39 is 0 Å². The first kappa shape index (κ1) is 38.6. The van der Waals surface area contributed by atoms with E-state index in [4.69, 9.17) is 45.9 Å². The number of hydrogen-bond acceptors (Lipinski definition) is 10. The molecule has 0 unspecified atom stereocenters. The maximum atomic E-state index is 5.48. The highest BCUT2D eigenvalue weighted by atomic mass is 32.2. The summed E-state index contributed by atoms with van der Waals surface area (Å²) >= 11 is 3.32. The highest BCUT2D eigenvalue weighted by molar-refractivity contribution is 7.98. The average molecular weight is 715 g/mol. The van der Waals surface area contributed by atoms with Crippen molar-refractivity contribution in [3.63, 3.8) is 0 Å². The van der Waals surface area contributed by atoms with Crippen LogP contribution in [0.4, 0.5) is 0 Å². The van der Waals surface area contributed by atoms with Crippen molar-refractivity contribution in [3.05, 3.63) is 94.0 Å². The van der Waals surface area contributed by atoms with E-state index in [0.717, 1.165) is 43.2 Å². The standard InChI is InChI=1S/C32H42N16S2/c1-17(41-45-29(33)34)23-9-24(18(2)42-46-30(35)36)12-27(11-23)49-15-21-6-5-7-22(8-21)16-50-28-13-25(19(3)43-47-31(37)38)10-26(14-28)20(4)44-48-32(39)40/h5-14H,15-16H2,1-4H3,(H4,33,34,45)(H4,35,36,46)(H4,37,38,47)(H4,39,40,48)/b41-17-,42-18-,43-19-,44-20+. The summed E-state index contributed by atoms with van der Waals surface area (Å²) in [6, 6.07) is 20.3. The average Bonchev–Trinajstić information content (AvgIpc) is 3.08. The number of nitrogens with two attached hydrogens (primary N) is 8. The summed E-state index contributed by atoms with van der Waals surface area (Å²) < 4.78 is 0. The van der Waals surface area contributed by atoms with E-state index in [1.165, 1.54) is 0 Å². The molecule has 0 aliphatic carbocycles. The van der Waals surface area contributed by atoms with Gasteiger partial charge < -0.3 is 45.9 Å². The van der Waals surface area contributed by atoms with Gasteiger partial charge >= 0.3 is 0 Å². The second-order valence-corrected chi connectivity index (χ2v) is 12.8. The van der Waals surface area contributed by atoms with Crippen LogP contribution in [-0.2, 0) is 11.5 Å². The third-order valence-corrected chi connectivity index (χ3v) is 8.64. The Morgan fingerprint density at radius 1 is 0.420 bits per heavy atom. The summed E-state index contributed by atoms with van der Waals surface area (Å²) in [4.78, 5) is 1.96. The van der Waals surface area contributed by atoms with Gasteiger partial charge in [0.2, 0.25) is 23.8 Å². The Balaban J connectivity index is 1.87. The van der Waals surface area contributed by atoms with Gasteiger partial charge in [-0.25, -0.2) is 0 Å². The van der Waals surface area contributed by atoms with Crippen molar-refractivity contribution in [2.24, 2.45) is 86.7 Å². The lowest BCUT2D eigenvalue weighted by atomic mass is 10.0. The fourth-order valence-electron chi connectivity index (χ4n) is 4.10. The molecule has 0 aliphatic heterocycles. The molecule has 0 amide bonds. The maximum absolute atomic E-state index is 5.48. The molecule has 0 aromatic heterocycles. The first-order chi connectivity index (χ1) is 23.7. The molecule has 3 aromatic rings. The third kappa shape index (κ3) is 13.0. The molecular weight excluding hydrogens is 673 g/mol. The molecule has 262 valence electrons. The molecule has 3 rings (SSSR count). The monoisotopic (exact) mass is 714 g/mol. The van der Waals surface area contributed by atoms with Crippen LogP contribution in [0, 0.1) is 0 Å². The molecule has 18 heteroatoms. The molecule has 0 bridgehead atoms. The van der Waals surface area contributed by atoms with Crippen molar-refractivity contribution in [1.82, 2.24) is 0 Å². The van der Waals surface area contributed by atoms with Crippen molar-refractivity contribution < 1.29 is 0 Å². The highest BCUT2D eigenvalue weighted by Crippen LogP contribution is 2.29. The molecule has 0 spiro atoms. The zero-order valence-electron chi connectivity index (χ0n) is 28.2. The fraction of sp³-hybridized carbons (Fsp3) is 0.188. The molecule has 0 saturated carbocycles. The van der Waals surface area contributed by atoms with Crippen molar-refractivity contribution in [2.75, 3.05) is 0 Å². The number of guanidine groups is 4. The molecule has 16 N–H and O–H groups in total. The van der Waals surface area contributed by atoms with Crippen LogP contribution < -0.4 is 45.9 Å². The predicted octanol–water partition coefficient (Wildman–Crippen LogP) is 2.26. The highest BCUT2D eigenvalue weighted by Gasteiger charge is 2.10. The molecule has 16 nitrogen and oxygen atoms in total. The topological polar surface area (TPSA) is 307 Å². The van der Waals surface area contributed by atoms with Crippen LogP contribution in [0.2, 0.25) is 0 Å². The van der Waals surface area contributed by atoms with E-state index in [1.54, 1.807) is 23.5 Å². The number of hydrogen-bond donors (Lipinski definition) is 8. The Bertz CT molecular complexity index is 1680. The predicted molar refractivity (Wildman–Crippen MR) is 211 cm³/mol.